The van der Waals surface area contributed by atoms with Gasteiger partial charge in [-0.15, -0.1) is 0 Å². The van der Waals surface area contributed by atoms with Crippen LogP contribution in [0.2, 0.25) is 0 Å². The summed E-state index contributed by atoms with van der Waals surface area (Å²) in [6.45, 7) is 3.63. The van der Waals surface area contributed by atoms with Crippen molar-refractivity contribution in [3.8, 4) is 11.1 Å². The SMILES string of the molecule is COC(=O)c1ccc(C)c(NC(=O)c2cc(-c3cccc(CO)c3)cc3ccccc23)c1C. The van der Waals surface area contributed by atoms with Gasteiger partial charge in [-0.25, -0.2) is 4.79 Å². The average Bonchev–Trinajstić information content (AvgIpc) is 2.85. The number of hydrogen-bond donors (Lipinski definition) is 2. The van der Waals surface area contributed by atoms with Crippen LogP contribution in [0.4, 0.5) is 5.69 Å². The van der Waals surface area contributed by atoms with Gasteiger partial charge in [0.05, 0.1) is 19.3 Å². The number of nitrogens with one attached hydrogen (secondary N) is 1. The first-order valence-electron chi connectivity index (χ1n) is 10.7. The molecule has 0 bridgehead atoms. The van der Waals surface area contributed by atoms with Gasteiger partial charge in [0.1, 0.15) is 0 Å². The Morgan fingerprint density at radius 1 is 0.879 bits per heavy atom. The van der Waals surface area contributed by atoms with Crippen molar-refractivity contribution < 1.29 is 19.4 Å². The van der Waals surface area contributed by atoms with E-state index in [0.717, 1.165) is 33.0 Å². The summed E-state index contributed by atoms with van der Waals surface area (Å²) in [4.78, 5) is 25.7. The van der Waals surface area contributed by atoms with Crippen LogP contribution in [-0.2, 0) is 11.3 Å². The number of aliphatic hydroxyl groups is 1. The largest absolute Gasteiger partial charge is 0.465 e. The Morgan fingerprint density at radius 3 is 2.42 bits per heavy atom. The molecule has 166 valence electrons. The lowest BCUT2D eigenvalue weighted by Gasteiger charge is -2.16. The molecule has 5 nitrogen and oxygen atoms in total. The van der Waals surface area contributed by atoms with Gasteiger partial charge < -0.3 is 15.2 Å². The highest BCUT2D eigenvalue weighted by Crippen LogP contribution is 2.30. The number of carbonyl (C=O) groups is 2. The van der Waals surface area contributed by atoms with E-state index in [1.165, 1.54) is 7.11 Å². The van der Waals surface area contributed by atoms with Crippen LogP contribution in [0.1, 0.15) is 37.4 Å². The van der Waals surface area contributed by atoms with Crippen LogP contribution < -0.4 is 5.32 Å². The summed E-state index contributed by atoms with van der Waals surface area (Å²) in [6.07, 6.45) is 0. The van der Waals surface area contributed by atoms with Gasteiger partial charge in [-0.3, -0.25) is 4.79 Å². The number of benzene rings is 4. The van der Waals surface area contributed by atoms with E-state index < -0.39 is 5.97 Å². The monoisotopic (exact) mass is 439 g/mol. The molecular weight excluding hydrogens is 414 g/mol. The van der Waals surface area contributed by atoms with E-state index in [4.69, 9.17) is 4.74 Å². The third kappa shape index (κ3) is 4.36. The Morgan fingerprint density at radius 2 is 1.67 bits per heavy atom. The van der Waals surface area contributed by atoms with Crippen LogP contribution in [0.15, 0.2) is 72.8 Å². The van der Waals surface area contributed by atoms with Gasteiger partial charge in [-0.05, 0) is 76.7 Å². The Kier molecular flexibility index (Phi) is 6.24. The second kappa shape index (κ2) is 9.27. The van der Waals surface area contributed by atoms with Crippen molar-refractivity contribution in [1.29, 1.82) is 0 Å². The molecule has 0 unspecified atom stereocenters. The molecule has 5 heteroatoms. The van der Waals surface area contributed by atoms with Crippen molar-refractivity contribution in [3.05, 3.63) is 101 Å². The second-order valence-corrected chi connectivity index (χ2v) is 7.98. The fraction of sp³-hybridized carbons (Fsp3) is 0.143. The maximum atomic E-state index is 13.5. The molecule has 4 aromatic rings. The van der Waals surface area contributed by atoms with Gasteiger partial charge in [-0.2, -0.15) is 0 Å². The lowest BCUT2D eigenvalue weighted by molar-refractivity contribution is 0.0599. The molecule has 0 saturated heterocycles. The Labute approximate surface area is 192 Å². The molecule has 0 fully saturated rings. The summed E-state index contributed by atoms with van der Waals surface area (Å²) in [5.74, 6) is -0.709. The van der Waals surface area contributed by atoms with E-state index in [1.54, 1.807) is 19.1 Å². The molecule has 1 amide bonds. The van der Waals surface area contributed by atoms with Crippen molar-refractivity contribution in [2.75, 3.05) is 12.4 Å². The molecule has 0 saturated carbocycles. The number of hydrogen-bond acceptors (Lipinski definition) is 4. The van der Waals surface area contributed by atoms with Crippen molar-refractivity contribution >= 4 is 28.3 Å². The van der Waals surface area contributed by atoms with Crippen molar-refractivity contribution in [2.45, 2.75) is 20.5 Å². The average molecular weight is 440 g/mol. The van der Waals surface area contributed by atoms with Gasteiger partial charge in [-0.1, -0.05) is 48.5 Å². The van der Waals surface area contributed by atoms with Gasteiger partial charge in [0, 0.05) is 11.3 Å². The summed E-state index contributed by atoms with van der Waals surface area (Å²) in [6, 6.07) is 22.8. The smallest absolute Gasteiger partial charge is 0.338 e. The first-order valence-corrected chi connectivity index (χ1v) is 10.7. The third-order valence-corrected chi connectivity index (χ3v) is 5.87. The summed E-state index contributed by atoms with van der Waals surface area (Å²) in [5.41, 5.74) is 5.65. The van der Waals surface area contributed by atoms with Crippen molar-refractivity contribution in [1.82, 2.24) is 0 Å². The van der Waals surface area contributed by atoms with E-state index in [1.807, 2.05) is 67.6 Å². The quantitative estimate of drug-likeness (QED) is 0.394. The molecule has 33 heavy (non-hydrogen) atoms. The maximum Gasteiger partial charge on any atom is 0.338 e. The molecule has 0 aliphatic rings. The Balaban J connectivity index is 1.81. The van der Waals surface area contributed by atoms with Crippen LogP contribution in [0, 0.1) is 13.8 Å². The van der Waals surface area contributed by atoms with Crippen LogP contribution in [0.5, 0.6) is 0 Å². The van der Waals surface area contributed by atoms with Crippen LogP contribution in [0.25, 0.3) is 21.9 Å². The maximum absolute atomic E-state index is 13.5. The minimum absolute atomic E-state index is 0.0517. The molecule has 0 atom stereocenters. The molecule has 0 aromatic heterocycles. The highest BCUT2D eigenvalue weighted by atomic mass is 16.5. The number of esters is 1. The number of fused-ring (bicyclic) bond motifs is 1. The summed E-state index contributed by atoms with van der Waals surface area (Å²) in [7, 11) is 1.34. The van der Waals surface area contributed by atoms with Crippen LogP contribution >= 0.6 is 0 Å². The number of methoxy groups -OCH3 is 1. The van der Waals surface area contributed by atoms with E-state index in [2.05, 4.69) is 5.32 Å². The first-order chi connectivity index (χ1) is 15.9. The molecule has 0 heterocycles. The predicted octanol–water partition coefficient (Wildman–Crippen LogP) is 5.65. The number of carbonyl (C=O) groups excluding carboxylic acids is 2. The molecular formula is C28H25NO4. The lowest BCUT2D eigenvalue weighted by atomic mass is 9.95. The Hall–Kier alpha value is -3.96. The molecule has 0 radical (unpaired) electrons. The fourth-order valence-corrected chi connectivity index (χ4v) is 4.07. The molecule has 2 N–H and O–H groups in total. The molecule has 4 rings (SSSR count). The standard InChI is InChI=1S/C28H25NO4/c1-17-11-12-23(28(32)33-3)18(2)26(17)29-27(31)25-15-22(14-21-8-4-5-10-24(21)25)20-9-6-7-19(13-20)16-30/h4-15,30H,16H2,1-3H3,(H,29,31). The van der Waals surface area contributed by atoms with E-state index in [0.29, 0.717) is 22.4 Å². The Bertz CT molecular complexity index is 1370. The molecule has 4 aromatic carbocycles. The highest BCUT2D eigenvalue weighted by molar-refractivity contribution is 6.15. The molecule has 0 spiro atoms. The summed E-state index contributed by atoms with van der Waals surface area (Å²) >= 11 is 0. The fourth-order valence-electron chi connectivity index (χ4n) is 4.07. The molecule has 0 aliphatic carbocycles. The van der Waals surface area contributed by atoms with Gasteiger partial charge in [0.15, 0.2) is 0 Å². The molecule has 0 aliphatic heterocycles. The van der Waals surface area contributed by atoms with Crippen molar-refractivity contribution in [2.24, 2.45) is 0 Å². The number of amides is 1. The minimum atomic E-state index is -0.445. The van der Waals surface area contributed by atoms with Crippen molar-refractivity contribution in [3.63, 3.8) is 0 Å². The number of anilines is 1. The van der Waals surface area contributed by atoms with Crippen LogP contribution in [0.3, 0.4) is 0 Å². The second-order valence-electron chi connectivity index (χ2n) is 7.98. The zero-order valence-electron chi connectivity index (χ0n) is 18.8. The van der Waals surface area contributed by atoms with Gasteiger partial charge >= 0.3 is 5.97 Å². The lowest BCUT2D eigenvalue weighted by Crippen LogP contribution is -2.16. The first kappa shape index (κ1) is 22.2. The number of aliphatic hydroxyl groups excluding tert-OH is 1. The van der Waals surface area contributed by atoms with E-state index >= 15 is 0 Å². The zero-order valence-corrected chi connectivity index (χ0v) is 18.8. The number of rotatable bonds is 5. The highest BCUT2D eigenvalue weighted by Gasteiger charge is 2.18. The number of aryl methyl sites for hydroxylation is 1. The summed E-state index contributed by atoms with van der Waals surface area (Å²) in [5, 5.41) is 14.3. The summed E-state index contributed by atoms with van der Waals surface area (Å²) < 4.78 is 4.87. The normalized spacial score (nSPS) is 10.8. The van der Waals surface area contributed by atoms with E-state index in [-0.39, 0.29) is 12.5 Å². The third-order valence-electron chi connectivity index (χ3n) is 5.87. The minimum Gasteiger partial charge on any atom is -0.465 e. The van der Waals surface area contributed by atoms with Gasteiger partial charge in [0.2, 0.25) is 0 Å². The topological polar surface area (TPSA) is 75.6 Å². The predicted molar refractivity (Wildman–Crippen MR) is 131 cm³/mol. The van der Waals surface area contributed by atoms with Gasteiger partial charge in [0.25, 0.3) is 5.91 Å². The van der Waals surface area contributed by atoms with E-state index in [9.17, 15) is 14.7 Å². The number of ether oxygens (including phenoxy) is 1. The zero-order chi connectivity index (χ0) is 23.5. The van der Waals surface area contributed by atoms with Crippen LogP contribution in [-0.4, -0.2) is 24.1 Å².